The molecular weight excluding hydrogens is 386 g/mol. The monoisotopic (exact) mass is 415 g/mol. The maximum Gasteiger partial charge on any atom is 0.274 e. The van der Waals surface area contributed by atoms with Crippen LogP contribution < -0.4 is 0 Å². The molecule has 6 nitrogen and oxygen atoms in total. The molecule has 2 aromatic rings. The summed E-state index contributed by atoms with van der Waals surface area (Å²) >= 11 is 0. The number of amides is 1. The Kier molecular flexibility index (Phi) is 4.84. The smallest absolute Gasteiger partial charge is 0.274 e. The van der Waals surface area contributed by atoms with Crippen molar-refractivity contribution in [3.63, 3.8) is 0 Å². The van der Waals surface area contributed by atoms with Crippen molar-refractivity contribution in [3.05, 3.63) is 46.8 Å². The van der Waals surface area contributed by atoms with Gasteiger partial charge in [-0.15, -0.1) is 0 Å². The van der Waals surface area contributed by atoms with Crippen molar-refractivity contribution in [3.8, 4) is 0 Å². The average Bonchev–Trinajstić information content (AvgIpc) is 3.41. The summed E-state index contributed by atoms with van der Waals surface area (Å²) in [5.41, 5.74) is 3.66. The Morgan fingerprint density at radius 2 is 1.72 bits per heavy atom. The van der Waals surface area contributed by atoms with Gasteiger partial charge >= 0.3 is 0 Å². The first-order chi connectivity index (χ1) is 13.5. The van der Waals surface area contributed by atoms with Crippen molar-refractivity contribution in [2.45, 2.75) is 62.8 Å². The van der Waals surface area contributed by atoms with Gasteiger partial charge in [0.1, 0.15) is 0 Å². The summed E-state index contributed by atoms with van der Waals surface area (Å²) in [5.74, 6) is 0.483. The quantitative estimate of drug-likeness (QED) is 0.772. The number of aromatic nitrogens is 2. The Hall–Kier alpha value is -2.15. The second-order valence-electron chi connectivity index (χ2n) is 9.31. The van der Waals surface area contributed by atoms with E-state index in [1.165, 1.54) is 6.26 Å². The third kappa shape index (κ3) is 4.10. The summed E-state index contributed by atoms with van der Waals surface area (Å²) in [6.07, 6.45) is 4.93. The number of benzene rings is 1. The van der Waals surface area contributed by atoms with Crippen molar-refractivity contribution < 1.29 is 13.2 Å². The molecular formula is C22H29N3O3S. The second-order valence-corrected chi connectivity index (χ2v) is 11.3. The Balaban J connectivity index is 1.56. The molecule has 0 spiro atoms. The number of rotatable bonds is 3. The molecule has 1 fully saturated rings. The van der Waals surface area contributed by atoms with Crippen LogP contribution in [-0.4, -0.2) is 48.4 Å². The number of carbonyl (C=O) groups is 1. The molecule has 1 aliphatic heterocycles. The zero-order chi connectivity index (χ0) is 21.0. The maximum absolute atomic E-state index is 13.2. The van der Waals surface area contributed by atoms with Crippen LogP contribution in [0.3, 0.4) is 0 Å². The molecule has 1 aliphatic carbocycles. The van der Waals surface area contributed by atoms with Gasteiger partial charge in [-0.05, 0) is 75.8 Å². The van der Waals surface area contributed by atoms with Gasteiger partial charge in [0.15, 0.2) is 15.5 Å². The molecule has 0 radical (unpaired) electrons. The molecule has 0 unspecified atom stereocenters. The number of hydrogen-bond acceptors (Lipinski definition) is 4. The Morgan fingerprint density at radius 1 is 1.07 bits per heavy atom. The molecule has 0 bridgehead atoms. The molecule has 1 amide bonds. The zero-order valence-electron chi connectivity index (χ0n) is 17.6. The van der Waals surface area contributed by atoms with E-state index in [-0.39, 0.29) is 11.4 Å². The van der Waals surface area contributed by atoms with Crippen molar-refractivity contribution in [1.82, 2.24) is 14.7 Å². The van der Waals surface area contributed by atoms with Gasteiger partial charge in [0.05, 0.1) is 10.4 Å². The van der Waals surface area contributed by atoms with Gasteiger partial charge in [0, 0.05) is 31.0 Å². The minimum Gasteiger partial charge on any atom is -0.337 e. The fourth-order valence-electron chi connectivity index (χ4n) is 4.00. The molecule has 0 saturated heterocycles. The molecule has 7 heteroatoms. The summed E-state index contributed by atoms with van der Waals surface area (Å²) in [7, 11) is -3.23. The standard InChI is InChI=1S/C22H29N3O3S/c1-22(2,3)25-20(16-5-6-16)14-19(23-25)21(26)24-11-9-15-7-8-18(29(4,27)28)13-17(15)10-12-24/h7-8,13-14,16H,5-6,9-12H2,1-4H3. The van der Waals surface area contributed by atoms with E-state index >= 15 is 0 Å². The summed E-state index contributed by atoms with van der Waals surface area (Å²) in [6.45, 7) is 7.53. The third-order valence-corrected chi connectivity index (χ3v) is 6.89. The summed E-state index contributed by atoms with van der Waals surface area (Å²) < 4.78 is 25.7. The molecule has 0 atom stereocenters. The van der Waals surface area contributed by atoms with E-state index in [9.17, 15) is 13.2 Å². The van der Waals surface area contributed by atoms with Gasteiger partial charge in [0.25, 0.3) is 5.91 Å². The lowest BCUT2D eigenvalue weighted by atomic mass is 10.0. The lowest BCUT2D eigenvalue weighted by molar-refractivity contribution is 0.0755. The van der Waals surface area contributed by atoms with E-state index in [0.717, 1.165) is 36.1 Å². The van der Waals surface area contributed by atoms with Crippen LogP contribution in [0.5, 0.6) is 0 Å². The zero-order valence-corrected chi connectivity index (χ0v) is 18.4. The first-order valence-corrected chi connectivity index (χ1v) is 12.1. The van der Waals surface area contributed by atoms with Gasteiger partial charge < -0.3 is 4.90 Å². The summed E-state index contributed by atoms with van der Waals surface area (Å²) in [6, 6.07) is 7.29. The highest BCUT2D eigenvalue weighted by atomic mass is 32.2. The topological polar surface area (TPSA) is 72.3 Å². The second kappa shape index (κ2) is 6.97. The van der Waals surface area contributed by atoms with Crippen LogP contribution in [0.25, 0.3) is 0 Å². The van der Waals surface area contributed by atoms with Crippen molar-refractivity contribution in [2.24, 2.45) is 0 Å². The van der Waals surface area contributed by atoms with Gasteiger partial charge in [0.2, 0.25) is 0 Å². The molecule has 29 heavy (non-hydrogen) atoms. The normalized spacial score (nSPS) is 17.7. The first-order valence-electron chi connectivity index (χ1n) is 10.3. The number of hydrogen-bond donors (Lipinski definition) is 0. The number of nitrogens with zero attached hydrogens (tertiary/aromatic N) is 3. The lowest BCUT2D eigenvalue weighted by Crippen LogP contribution is -2.34. The average molecular weight is 416 g/mol. The van der Waals surface area contributed by atoms with E-state index in [4.69, 9.17) is 5.10 Å². The van der Waals surface area contributed by atoms with Crippen molar-refractivity contribution in [1.29, 1.82) is 0 Å². The molecule has 1 aromatic carbocycles. The molecule has 1 aromatic heterocycles. The predicted molar refractivity (Wildman–Crippen MR) is 112 cm³/mol. The van der Waals surface area contributed by atoms with Crippen LogP contribution in [0, 0.1) is 0 Å². The Labute approximate surface area is 172 Å². The minimum atomic E-state index is -3.23. The molecule has 0 N–H and O–H groups in total. The number of sulfone groups is 1. The van der Waals surface area contributed by atoms with Crippen LogP contribution >= 0.6 is 0 Å². The van der Waals surface area contributed by atoms with E-state index in [0.29, 0.717) is 36.0 Å². The van der Waals surface area contributed by atoms with E-state index in [1.54, 1.807) is 12.1 Å². The predicted octanol–water partition coefficient (Wildman–Crippen LogP) is 3.16. The molecule has 4 rings (SSSR count). The van der Waals surface area contributed by atoms with Gasteiger partial charge in [-0.2, -0.15) is 5.10 Å². The lowest BCUT2D eigenvalue weighted by Gasteiger charge is -2.22. The minimum absolute atomic E-state index is 0.0361. The highest BCUT2D eigenvalue weighted by Gasteiger charge is 2.33. The molecule has 1 saturated carbocycles. The van der Waals surface area contributed by atoms with Gasteiger partial charge in [-0.1, -0.05) is 6.07 Å². The highest BCUT2D eigenvalue weighted by molar-refractivity contribution is 7.90. The van der Waals surface area contributed by atoms with E-state index in [1.807, 2.05) is 21.7 Å². The van der Waals surface area contributed by atoms with Crippen molar-refractivity contribution >= 4 is 15.7 Å². The molecule has 2 aliphatic rings. The van der Waals surface area contributed by atoms with Gasteiger partial charge in [-0.3, -0.25) is 9.48 Å². The van der Waals surface area contributed by atoms with Gasteiger partial charge in [-0.25, -0.2) is 8.42 Å². The van der Waals surface area contributed by atoms with E-state index < -0.39 is 9.84 Å². The van der Waals surface area contributed by atoms with Crippen LogP contribution in [0.1, 0.15) is 66.8 Å². The SMILES string of the molecule is CC(C)(C)n1nc(C(=O)N2CCc3ccc(S(C)(=O)=O)cc3CC2)cc1C1CC1. The fraction of sp³-hybridized carbons (Fsp3) is 0.545. The van der Waals surface area contributed by atoms with E-state index in [2.05, 4.69) is 20.8 Å². The first kappa shape index (κ1) is 20.1. The third-order valence-electron chi connectivity index (χ3n) is 5.78. The highest BCUT2D eigenvalue weighted by Crippen LogP contribution is 2.41. The summed E-state index contributed by atoms with van der Waals surface area (Å²) in [4.78, 5) is 15.4. The van der Waals surface area contributed by atoms with Crippen molar-refractivity contribution in [2.75, 3.05) is 19.3 Å². The largest absolute Gasteiger partial charge is 0.337 e. The Bertz CT molecular complexity index is 1060. The maximum atomic E-state index is 13.2. The Morgan fingerprint density at radius 3 is 2.31 bits per heavy atom. The van der Waals surface area contributed by atoms with Crippen LogP contribution in [0.2, 0.25) is 0 Å². The number of fused-ring (bicyclic) bond motifs is 1. The number of carbonyl (C=O) groups excluding carboxylic acids is 1. The van der Waals surface area contributed by atoms with Crippen LogP contribution in [0.4, 0.5) is 0 Å². The van der Waals surface area contributed by atoms with Crippen LogP contribution in [-0.2, 0) is 28.2 Å². The van der Waals surface area contributed by atoms with Crippen LogP contribution in [0.15, 0.2) is 29.2 Å². The summed E-state index contributed by atoms with van der Waals surface area (Å²) in [5, 5.41) is 4.69. The molecule has 2 heterocycles. The molecule has 156 valence electrons. The fourth-order valence-corrected chi connectivity index (χ4v) is 4.68.